The highest BCUT2D eigenvalue weighted by Crippen LogP contribution is 2.17. The van der Waals surface area contributed by atoms with Crippen LogP contribution in [0, 0.1) is 0 Å². The Kier molecular flexibility index (Phi) is 7.54. The van der Waals surface area contributed by atoms with Crippen molar-refractivity contribution in [3.63, 3.8) is 0 Å². The maximum absolute atomic E-state index is 3.72. The van der Waals surface area contributed by atoms with E-state index in [4.69, 9.17) is 0 Å². The molecular weight excluding hydrogens is 226 g/mol. The molecule has 0 aliphatic carbocycles. The van der Waals surface area contributed by atoms with Crippen molar-refractivity contribution in [2.75, 3.05) is 0 Å². The molecule has 0 fully saturated rings. The highest BCUT2D eigenvalue weighted by molar-refractivity contribution is 7.11. The Balaban J connectivity index is 2.34. The number of rotatable bonds is 9. The number of hydrogen-bond acceptors (Lipinski definition) is 2. The molecule has 1 heterocycles. The van der Waals surface area contributed by atoms with Gasteiger partial charge in [0.15, 0.2) is 0 Å². The molecule has 98 valence electrons. The first-order valence-corrected chi connectivity index (χ1v) is 7.92. The number of hydrogen-bond donors (Lipinski definition) is 1. The average Bonchev–Trinajstić information content (AvgIpc) is 2.80. The van der Waals surface area contributed by atoms with E-state index in [-0.39, 0.29) is 0 Å². The van der Waals surface area contributed by atoms with Gasteiger partial charge in [-0.15, -0.1) is 11.3 Å². The Morgan fingerprint density at radius 2 is 1.82 bits per heavy atom. The van der Waals surface area contributed by atoms with Crippen LogP contribution in [0.1, 0.15) is 62.6 Å². The van der Waals surface area contributed by atoms with Crippen LogP contribution >= 0.6 is 11.3 Å². The zero-order valence-corrected chi connectivity index (χ0v) is 12.4. The molecule has 0 aliphatic heterocycles. The Hall–Kier alpha value is -0.340. The van der Waals surface area contributed by atoms with E-state index >= 15 is 0 Å². The van der Waals surface area contributed by atoms with Crippen LogP contribution in [-0.2, 0) is 13.0 Å². The van der Waals surface area contributed by atoms with Gasteiger partial charge in [0.2, 0.25) is 0 Å². The molecule has 2 heteroatoms. The zero-order valence-electron chi connectivity index (χ0n) is 11.6. The van der Waals surface area contributed by atoms with Crippen molar-refractivity contribution in [3.05, 3.63) is 21.9 Å². The molecule has 0 radical (unpaired) electrons. The molecule has 1 N–H and O–H groups in total. The lowest BCUT2D eigenvalue weighted by Gasteiger charge is -2.17. The fraction of sp³-hybridized carbons (Fsp3) is 0.733. The van der Waals surface area contributed by atoms with E-state index in [1.807, 2.05) is 11.3 Å². The Morgan fingerprint density at radius 3 is 2.41 bits per heavy atom. The minimum atomic E-state index is 0.715. The van der Waals surface area contributed by atoms with Gasteiger partial charge in [0.1, 0.15) is 0 Å². The first-order chi connectivity index (χ1) is 8.30. The maximum Gasteiger partial charge on any atom is 0.0302 e. The number of unbranched alkanes of at least 4 members (excludes halogenated alkanes) is 1. The molecule has 1 aromatic rings. The van der Waals surface area contributed by atoms with Crippen molar-refractivity contribution in [3.8, 4) is 0 Å². The SMILES string of the molecule is CCCCC(CCC)NCc1ccc(CC)s1. The molecular formula is C15H27NS. The summed E-state index contributed by atoms with van der Waals surface area (Å²) in [7, 11) is 0. The highest BCUT2D eigenvalue weighted by atomic mass is 32.1. The van der Waals surface area contributed by atoms with E-state index in [0.29, 0.717) is 6.04 Å². The van der Waals surface area contributed by atoms with Gasteiger partial charge in [-0.05, 0) is 31.4 Å². The lowest BCUT2D eigenvalue weighted by Crippen LogP contribution is -2.28. The summed E-state index contributed by atoms with van der Waals surface area (Å²) in [5.74, 6) is 0. The molecule has 1 nitrogen and oxygen atoms in total. The van der Waals surface area contributed by atoms with Crippen LogP contribution in [0.4, 0.5) is 0 Å². The van der Waals surface area contributed by atoms with Crippen LogP contribution in [0.5, 0.6) is 0 Å². The fourth-order valence-corrected chi connectivity index (χ4v) is 3.01. The minimum absolute atomic E-state index is 0.715. The van der Waals surface area contributed by atoms with E-state index in [0.717, 1.165) is 6.54 Å². The fourth-order valence-electron chi connectivity index (χ4n) is 2.10. The van der Waals surface area contributed by atoms with Crippen LogP contribution in [-0.4, -0.2) is 6.04 Å². The number of aryl methyl sites for hydroxylation is 1. The summed E-state index contributed by atoms with van der Waals surface area (Å²) < 4.78 is 0. The van der Waals surface area contributed by atoms with E-state index in [2.05, 4.69) is 38.2 Å². The summed E-state index contributed by atoms with van der Waals surface area (Å²) in [5, 5.41) is 3.72. The first-order valence-electron chi connectivity index (χ1n) is 7.11. The van der Waals surface area contributed by atoms with Gasteiger partial charge in [0, 0.05) is 22.3 Å². The molecule has 1 unspecified atom stereocenters. The second-order valence-corrected chi connectivity index (χ2v) is 5.98. The molecule has 0 saturated carbocycles. The molecule has 0 amide bonds. The van der Waals surface area contributed by atoms with Gasteiger partial charge in [-0.25, -0.2) is 0 Å². The molecule has 1 atom stereocenters. The van der Waals surface area contributed by atoms with Crippen molar-refractivity contribution in [2.24, 2.45) is 0 Å². The van der Waals surface area contributed by atoms with Crippen LogP contribution in [0.15, 0.2) is 12.1 Å². The monoisotopic (exact) mass is 253 g/mol. The van der Waals surface area contributed by atoms with Gasteiger partial charge >= 0.3 is 0 Å². The summed E-state index contributed by atoms with van der Waals surface area (Å²) in [4.78, 5) is 2.99. The van der Waals surface area contributed by atoms with Gasteiger partial charge in [-0.2, -0.15) is 0 Å². The van der Waals surface area contributed by atoms with Gasteiger partial charge in [0.05, 0.1) is 0 Å². The number of thiophene rings is 1. The zero-order chi connectivity index (χ0) is 12.5. The van der Waals surface area contributed by atoms with Crippen LogP contribution in [0.3, 0.4) is 0 Å². The molecule has 0 spiro atoms. The Labute approximate surface area is 111 Å². The molecule has 1 rings (SSSR count). The third-order valence-electron chi connectivity index (χ3n) is 3.17. The third-order valence-corrected chi connectivity index (χ3v) is 4.40. The number of nitrogens with one attached hydrogen (secondary N) is 1. The maximum atomic E-state index is 3.72. The lowest BCUT2D eigenvalue weighted by atomic mass is 10.1. The second kappa shape index (κ2) is 8.71. The Bertz CT molecular complexity index is 293. The smallest absolute Gasteiger partial charge is 0.0302 e. The highest BCUT2D eigenvalue weighted by Gasteiger charge is 2.07. The van der Waals surface area contributed by atoms with Gasteiger partial charge in [-0.3, -0.25) is 0 Å². The van der Waals surface area contributed by atoms with E-state index in [1.54, 1.807) is 0 Å². The molecule has 1 aromatic heterocycles. The van der Waals surface area contributed by atoms with E-state index in [1.165, 1.54) is 48.3 Å². The van der Waals surface area contributed by atoms with Gasteiger partial charge in [-0.1, -0.05) is 40.0 Å². The third kappa shape index (κ3) is 5.69. The molecule has 0 aliphatic rings. The van der Waals surface area contributed by atoms with E-state index in [9.17, 15) is 0 Å². The van der Waals surface area contributed by atoms with Crippen molar-refractivity contribution < 1.29 is 0 Å². The molecule has 0 saturated heterocycles. The topological polar surface area (TPSA) is 12.0 Å². The predicted molar refractivity (Wildman–Crippen MR) is 78.8 cm³/mol. The Morgan fingerprint density at radius 1 is 1.06 bits per heavy atom. The molecule has 17 heavy (non-hydrogen) atoms. The second-order valence-electron chi connectivity index (χ2n) is 4.73. The normalized spacial score (nSPS) is 12.9. The summed E-state index contributed by atoms with van der Waals surface area (Å²) in [5.41, 5.74) is 0. The van der Waals surface area contributed by atoms with Crippen LogP contribution < -0.4 is 5.32 Å². The average molecular weight is 253 g/mol. The van der Waals surface area contributed by atoms with Crippen molar-refractivity contribution in [1.29, 1.82) is 0 Å². The van der Waals surface area contributed by atoms with Crippen molar-refractivity contribution >= 4 is 11.3 Å². The largest absolute Gasteiger partial charge is 0.309 e. The summed E-state index contributed by atoms with van der Waals surface area (Å²) in [6.07, 6.45) is 7.75. The molecule has 0 aromatic carbocycles. The van der Waals surface area contributed by atoms with Crippen LogP contribution in [0.25, 0.3) is 0 Å². The van der Waals surface area contributed by atoms with Crippen molar-refractivity contribution in [1.82, 2.24) is 5.32 Å². The van der Waals surface area contributed by atoms with Gasteiger partial charge in [0.25, 0.3) is 0 Å². The van der Waals surface area contributed by atoms with Crippen LogP contribution in [0.2, 0.25) is 0 Å². The quantitative estimate of drug-likeness (QED) is 0.669. The standard InChI is InChI=1S/C15H27NS/c1-4-7-9-13(8-5-2)16-12-15-11-10-14(6-3)17-15/h10-11,13,16H,4-9,12H2,1-3H3. The first kappa shape index (κ1) is 14.7. The summed E-state index contributed by atoms with van der Waals surface area (Å²) in [6, 6.07) is 5.26. The minimum Gasteiger partial charge on any atom is -0.309 e. The summed E-state index contributed by atoms with van der Waals surface area (Å²) in [6.45, 7) is 7.83. The summed E-state index contributed by atoms with van der Waals surface area (Å²) >= 11 is 1.95. The van der Waals surface area contributed by atoms with Gasteiger partial charge < -0.3 is 5.32 Å². The van der Waals surface area contributed by atoms with E-state index < -0.39 is 0 Å². The van der Waals surface area contributed by atoms with Crippen molar-refractivity contribution in [2.45, 2.75) is 71.9 Å². The predicted octanol–water partition coefficient (Wildman–Crippen LogP) is 4.76. The molecule has 0 bridgehead atoms. The lowest BCUT2D eigenvalue weighted by molar-refractivity contribution is 0.435.